The molecule has 3 aromatic rings. The van der Waals surface area contributed by atoms with Gasteiger partial charge in [0, 0.05) is 23.0 Å². The second-order valence-electron chi connectivity index (χ2n) is 7.35. The normalized spacial score (nSPS) is 10.7. The summed E-state index contributed by atoms with van der Waals surface area (Å²) in [5, 5.41) is 3.07. The fourth-order valence-electron chi connectivity index (χ4n) is 3.29. The minimum absolute atomic E-state index is 0.212. The molecule has 29 heavy (non-hydrogen) atoms. The number of pyridine rings is 1. The van der Waals surface area contributed by atoms with Gasteiger partial charge in [0.1, 0.15) is 11.3 Å². The van der Waals surface area contributed by atoms with E-state index in [1.165, 1.54) is 0 Å². The maximum Gasteiger partial charge on any atom is 0.261 e. The molecule has 0 bridgehead atoms. The van der Waals surface area contributed by atoms with Crippen LogP contribution in [0.1, 0.15) is 46.1 Å². The summed E-state index contributed by atoms with van der Waals surface area (Å²) in [6.07, 6.45) is 0.860. The Hall–Kier alpha value is -3.14. The number of aryl methyl sites for hydroxylation is 3. The van der Waals surface area contributed by atoms with Gasteiger partial charge in [-0.15, -0.1) is 0 Å². The van der Waals surface area contributed by atoms with Crippen LogP contribution in [0.4, 0.5) is 5.69 Å². The van der Waals surface area contributed by atoms with Crippen molar-refractivity contribution in [2.75, 3.05) is 11.9 Å². The quantitative estimate of drug-likeness (QED) is 0.561. The highest BCUT2D eigenvalue weighted by atomic mass is 16.5. The highest BCUT2D eigenvalue weighted by Crippen LogP contribution is 2.33. The van der Waals surface area contributed by atoms with Gasteiger partial charge in [-0.3, -0.25) is 9.78 Å². The van der Waals surface area contributed by atoms with Gasteiger partial charge < -0.3 is 10.1 Å². The first-order chi connectivity index (χ1) is 13.9. The van der Waals surface area contributed by atoms with Gasteiger partial charge in [0.2, 0.25) is 0 Å². The number of ether oxygens (including phenoxy) is 1. The van der Waals surface area contributed by atoms with Crippen LogP contribution in [0.5, 0.6) is 5.75 Å². The highest BCUT2D eigenvalue weighted by Gasteiger charge is 2.23. The van der Waals surface area contributed by atoms with E-state index in [-0.39, 0.29) is 5.91 Å². The maximum absolute atomic E-state index is 13.4. The molecule has 4 nitrogen and oxygen atoms in total. The summed E-state index contributed by atoms with van der Waals surface area (Å²) in [5.41, 5.74) is 6.92. The number of hydrogen-bond donors (Lipinski definition) is 1. The van der Waals surface area contributed by atoms with Gasteiger partial charge >= 0.3 is 0 Å². The van der Waals surface area contributed by atoms with Gasteiger partial charge in [-0.25, -0.2) is 0 Å². The molecule has 0 aliphatic rings. The van der Waals surface area contributed by atoms with E-state index in [9.17, 15) is 4.79 Å². The molecule has 0 atom stereocenters. The van der Waals surface area contributed by atoms with Gasteiger partial charge in [0.25, 0.3) is 5.91 Å². The molecule has 0 fully saturated rings. The SMILES string of the molecule is CCCOc1cc(C)nc(-c2ccccc2C)c1C(=O)Nc1cccc(C)c1C. The van der Waals surface area contributed by atoms with Crippen LogP contribution in [0.2, 0.25) is 0 Å². The number of hydrogen-bond acceptors (Lipinski definition) is 3. The number of amides is 1. The number of carbonyl (C=O) groups is 1. The third kappa shape index (κ3) is 4.48. The number of rotatable bonds is 6. The average Bonchev–Trinajstić information content (AvgIpc) is 2.69. The zero-order valence-electron chi connectivity index (χ0n) is 17.8. The van der Waals surface area contributed by atoms with Crippen molar-refractivity contribution in [2.45, 2.75) is 41.0 Å². The lowest BCUT2D eigenvalue weighted by atomic mass is 9.99. The van der Waals surface area contributed by atoms with Gasteiger partial charge in [-0.1, -0.05) is 43.3 Å². The molecule has 0 saturated heterocycles. The Morgan fingerprint density at radius 1 is 1.00 bits per heavy atom. The molecule has 2 aromatic carbocycles. The second-order valence-corrected chi connectivity index (χ2v) is 7.35. The van der Waals surface area contributed by atoms with Crippen molar-refractivity contribution in [3.63, 3.8) is 0 Å². The number of nitrogens with one attached hydrogen (secondary N) is 1. The van der Waals surface area contributed by atoms with Gasteiger partial charge in [0.15, 0.2) is 0 Å². The molecule has 3 rings (SSSR count). The fourth-order valence-corrected chi connectivity index (χ4v) is 3.29. The summed E-state index contributed by atoms with van der Waals surface area (Å²) >= 11 is 0. The van der Waals surface area contributed by atoms with Crippen LogP contribution < -0.4 is 10.1 Å². The Morgan fingerprint density at radius 2 is 1.72 bits per heavy atom. The van der Waals surface area contributed by atoms with Crippen molar-refractivity contribution in [3.05, 3.63) is 76.5 Å². The molecule has 1 amide bonds. The van der Waals surface area contributed by atoms with E-state index < -0.39 is 0 Å². The van der Waals surface area contributed by atoms with E-state index >= 15 is 0 Å². The molecule has 1 aromatic heterocycles. The average molecular weight is 389 g/mol. The smallest absolute Gasteiger partial charge is 0.261 e. The number of anilines is 1. The number of benzene rings is 2. The van der Waals surface area contributed by atoms with E-state index in [1.807, 2.05) is 83.1 Å². The lowest BCUT2D eigenvalue weighted by Gasteiger charge is -2.18. The van der Waals surface area contributed by atoms with Crippen molar-refractivity contribution in [1.82, 2.24) is 4.98 Å². The Kier molecular flexibility index (Phi) is 6.32. The minimum Gasteiger partial charge on any atom is -0.493 e. The van der Waals surface area contributed by atoms with Crippen molar-refractivity contribution in [2.24, 2.45) is 0 Å². The van der Waals surface area contributed by atoms with Crippen molar-refractivity contribution in [1.29, 1.82) is 0 Å². The van der Waals surface area contributed by atoms with E-state index in [0.29, 0.717) is 23.6 Å². The first-order valence-electron chi connectivity index (χ1n) is 10.00. The molecule has 0 radical (unpaired) electrons. The van der Waals surface area contributed by atoms with Crippen molar-refractivity contribution >= 4 is 11.6 Å². The second kappa shape index (κ2) is 8.91. The zero-order valence-corrected chi connectivity index (χ0v) is 17.8. The molecule has 0 unspecified atom stereocenters. The van der Waals surface area contributed by atoms with Crippen LogP contribution in [0.3, 0.4) is 0 Å². The third-order valence-electron chi connectivity index (χ3n) is 5.05. The monoisotopic (exact) mass is 388 g/mol. The van der Waals surface area contributed by atoms with E-state index in [0.717, 1.165) is 40.1 Å². The number of aromatic nitrogens is 1. The maximum atomic E-state index is 13.4. The highest BCUT2D eigenvalue weighted by molar-refractivity contribution is 6.10. The van der Waals surface area contributed by atoms with Crippen LogP contribution in [0.15, 0.2) is 48.5 Å². The van der Waals surface area contributed by atoms with E-state index in [4.69, 9.17) is 9.72 Å². The van der Waals surface area contributed by atoms with E-state index in [2.05, 4.69) is 5.32 Å². The Bertz CT molecular complexity index is 1040. The van der Waals surface area contributed by atoms with Crippen LogP contribution >= 0.6 is 0 Å². The van der Waals surface area contributed by atoms with E-state index in [1.54, 1.807) is 0 Å². The van der Waals surface area contributed by atoms with Gasteiger partial charge in [0.05, 0.1) is 12.3 Å². The van der Waals surface area contributed by atoms with Crippen LogP contribution in [0, 0.1) is 27.7 Å². The number of carbonyl (C=O) groups excluding carboxylic acids is 1. The molecule has 0 aliphatic carbocycles. The summed E-state index contributed by atoms with van der Waals surface area (Å²) in [6.45, 7) is 10.6. The molecule has 0 spiro atoms. The minimum atomic E-state index is -0.212. The fraction of sp³-hybridized carbons (Fsp3) is 0.280. The molecule has 0 aliphatic heterocycles. The van der Waals surface area contributed by atoms with Gasteiger partial charge in [-0.2, -0.15) is 0 Å². The largest absolute Gasteiger partial charge is 0.493 e. The lowest BCUT2D eigenvalue weighted by molar-refractivity contribution is 0.102. The molecule has 1 heterocycles. The van der Waals surface area contributed by atoms with Crippen LogP contribution in [-0.2, 0) is 0 Å². The molecule has 1 N–H and O–H groups in total. The summed E-state index contributed by atoms with van der Waals surface area (Å²) in [5.74, 6) is 0.357. The Balaban J connectivity index is 2.15. The Labute approximate surface area is 173 Å². The predicted octanol–water partition coefficient (Wildman–Crippen LogP) is 6.02. The molecule has 4 heteroatoms. The number of nitrogens with zero attached hydrogens (tertiary/aromatic N) is 1. The topological polar surface area (TPSA) is 51.2 Å². The lowest BCUT2D eigenvalue weighted by Crippen LogP contribution is -2.17. The first-order valence-corrected chi connectivity index (χ1v) is 10.00. The van der Waals surface area contributed by atoms with Gasteiger partial charge in [-0.05, 0) is 56.9 Å². The van der Waals surface area contributed by atoms with Crippen LogP contribution in [0.25, 0.3) is 11.3 Å². The zero-order chi connectivity index (χ0) is 21.0. The van der Waals surface area contributed by atoms with Crippen LogP contribution in [-0.4, -0.2) is 17.5 Å². The molecular weight excluding hydrogens is 360 g/mol. The molecule has 0 saturated carbocycles. The third-order valence-corrected chi connectivity index (χ3v) is 5.05. The standard InChI is InChI=1S/C25H28N2O2/c1-6-14-29-22-15-18(4)26-24(20-12-8-7-10-17(20)3)23(22)25(28)27-21-13-9-11-16(2)19(21)5/h7-13,15H,6,14H2,1-5H3,(H,27,28). The van der Waals surface area contributed by atoms with Crippen molar-refractivity contribution in [3.8, 4) is 17.0 Å². The Morgan fingerprint density at radius 3 is 2.45 bits per heavy atom. The summed E-state index contributed by atoms with van der Waals surface area (Å²) in [4.78, 5) is 18.2. The first kappa shape index (κ1) is 20.6. The summed E-state index contributed by atoms with van der Waals surface area (Å²) < 4.78 is 5.98. The summed E-state index contributed by atoms with van der Waals surface area (Å²) in [6, 6.07) is 15.7. The summed E-state index contributed by atoms with van der Waals surface area (Å²) in [7, 11) is 0. The molecular formula is C25H28N2O2. The molecule has 150 valence electrons. The predicted molar refractivity (Wildman–Crippen MR) is 119 cm³/mol. The van der Waals surface area contributed by atoms with Crippen molar-refractivity contribution < 1.29 is 9.53 Å².